The minimum atomic E-state index is 0.251. The van der Waals surface area contributed by atoms with Crippen molar-refractivity contribution in [3.05, 3.63) is 23.9 Å². The van der Waals surface area contributed by atoms with Gasteiger partial charge >= 0.3 is 0 Å². The van der Waals surface area contributed by atoms with Gasteiger partial charge in [-0.3, -0.25) is 0 Å². The summed E-state index contributed by atoms with van der Waals surface area (Å²) in [6.45, 7) is 2.59. The molecule has 1 fully saturated rings. The van der Waals surface area contributed by atoms with Crippen molar-refractivity contribution in [3.8, 4) is 0 Å². The van der Waals surface area contributed by atoms with E-state index in [0.29, 0.717) is 6.04 Å². The zero-order valence-corrected chi connectivity index (χ0v) is 12.5. The molecule has 2 rings (SSSR count). The van der Waals surface area contributed by atoms with Crippen LogP contribution in [0.3, 0.4) is 0 Å². The summed E-state index contributed by atoms with van der Waals surface area (Å²) in [6, 6.07) is 4.78. The molecule has 1 aliphatic rings. The predicted octanol–water partition coefficient (Wildman–Crippen LogP) is 3.30. The zero-order valence-electron chi connectivity index (χ0n) is 11.6. The molecule has 1 heterocycles. The molecule has 0 spiro atoms. The Morgan fingerprint density at radius 1 is 1.47 bits per heavy atom. The molecule has 1 aromatic rings. The van der Waals surface area contributed by atoms with Gasteiger partial charge in [0.25, 0.3) is 0 Å². The van der Waals surface area contributed by atoms with Crippen LogP contribution in [-0.2, 0) is 5.75 Å². The highest BCUT2D eigenvalue weighted by molar-refractivity contribution is 7.98. The third-order valence-electron chi connectivity index (χ3n) is 3.62. The van der Waals surface area contributed by atoms with Crippen LogP contribution in [0.15, 0.2) is 18.3 Å². The molecule has 4 heteroatoms. The average Bonchev–Trinajstić information content (AvgIpc) is 2.39. The van der Waals surface area contributed by atoms with Crippen LogP contribution < -0.4 is 5.32 Å². The number of rotatable bonds is 6. The van der Waals surface area contributed by atoms with E-state index in [0.717, 1.165) is 23.2 Å². The first-order valence-corrected chi connectivity index (χ1v) is 8.33. The first-order valence-electron chi connectivity index (χ1n) is 7.18. The van der Waals surface area contributed by atoms with Gasteiger partial charge in [-0.1, -0.05) is 19.8 Å². The van der Waals surface area contributed by atoms with E-state index in [-0.39, 0.29) is 6.61 Å². The number of nitrogens with zero attached hydrogens (tertiary/aromatic N) is 1. The maximum atomic E-state index is 8.79. The number of anilines is 1. The molecule has 0 radical (unpaired) electrons. The number of thioether (sulfide) groups is 1. The molecule has 2 atom stereocenters. The minimum Gasteiger partial charge on any atom is -0.396 e. The number of hydrogen-bond acceptors (Lipinski definition) is 4. The summed E-state index contributed by atoms with van der Waals surface area (Å²) in [5, 5.41) is 12.4. The molecule has 3 nitrogen and oxygen atoms in total. The van der Waals surface area contributed by atoms with Crippen LogP contribution in [0.4, 0.5) is 5.82 Å². The number of aliphatic hydroxyl groups excluding tert-OH is 1. The van der Waals surface area contributed by atoms with E-state index in [1.807, 2.05) is 6.20 Å². The lowest BCUT2D eigenvalue weighted by Crippen LogP contribution is -2.26. The smallest absolute Gasteiger partial charge is 0.126 e. The molecule has 19 heavy (non-hydrogen) atoms. The van der Waals surface area contributed by atoms with Crippen LogP contribution in [0, 0.1) is 5.92 Å². The number of nitrogens with one attached hydrogen (secondary N) is 1. The lowest BCUT2D eigenvalue weighted by molar-refractivity contribution is 0.322. The summed E-state index contributed by atoms with van der Waals surface area (Å²) < 4.78 is 0. The highest BCUT2D eigenvalue weighted by Crippen LogP contribution is 2.26. The highest BCUT2D eigenvalue weighted by atomic mass is 32.2. The number of aliphatic hydroxyl groups is 1. The quantitative estimate of drug-likeness (QED) is 0.785. The van der Waals surface area contributed by atoms with Crippen molar-refractivity contribution < 1.29 is 5.11 Å². The predicted molar refractivity (Wildman–Crippen MR) is 82.5 cm³/mol. The van der Waals surface area contributed by atoms with Crippen molar-refractivity contribution in [1.29, 1.82) is 0 Å². The van der Waals surface area contributed by atoms with Gasteiger partial charge in [0.15, 0.2) is 0 Å². The summed E-state index contributed by atoms with van der Waals surface area (Å²) in [5.74, 6) is 3.57. The Hall–Kier alpha value is -0.740. The molecule has 1 saturated carbocycles. The van der Waals surface area contributed by atoms with E-state index >= 15 is 0 Å². The van der Waals surface area contributed by atoms with Gasteiger partial charge in [0.2, 0.25) is 0 Å². The van der Waals surface area contributed by atoms with E-state index in [2.05, 4.69) is 29.4 Å². The minimum absolute atomic E-state index is 0.251. The second-order valence-electron chi connectivity index (χ2n) is 5.44. The molecular formula is C15H24N2OS. The van der Waals surface area contributed by atoms with Crippen molar-refractivity contribution in [2.75, 3.05) is 17.7 Å². The highest BCUT2D eigenvalue weighted by Gasteiger charge is 2.18. The van der Waals surface area contributed by atoms with Crippen LogP contribution in [0.25, 0.3) is 0 Å². The van der Waals surface area contributed by atoms with Crippen LogP contribution in [0.2, 0.25) is 0 Å². The van der Waals surface area contributed by atoms with Gasteiger partial charge < -0.3 is 10.4 Å². The molecule has 0 saturated heterocycles. The lowest BCUT2D eigenvalue weighted by atomic mass is 9.87. The van der Waals surface area contributed by atoms with Gasteiger partial charge in [0, 0.05) is 23.7 Å². The first kappa shape index (κ1) is 14.7. The Kier molecular flexibility index (Phi) is 5.98. The summed E-state index contributed by atoms with van der Waals surface area (Å²) in [5.41, 5.74) is 1.28. The standard InChI is InChI=1S/C15H24N2OS/c1-12-3-2-4-14(9-12)17-15-10-13(5-6-16-15)11-19-8-7-18/h5-6,10,12,14,18H,2-4,7-9,11H2,1H3,(H,16,17). The SMILES string of the molecule is CC1CCCC(Nc2cc(CSCCO)ccn2)C1. The van der Waals surface area contributed by atoms with Crippen LogP contribution in [-0.4, -0.2) is 28.5 Å². The maximum absolute atomic E-state index is 8.79. The van der Waals surface area contributed by atoms with E-state index in [4.69, 9.17) is 5.11 Å². The number of pyridine rings is 1. The van der Waals surface area contributed by atoms with Crippen molar-refractivity contribution in [1.82, 2.24) is 4.98 Å². The van der Waals surface area contributed by atoms with E-state index in [9.17, 15) is 0 Å². The van der Waals surface area contributed by atoms with Gasteiger partial charge in [-0.2, -0.15) is 11.8 Å². The Balaban J connectivity index is 1.87. The summed E-state index contributed by atoms with van der Waals surface area (Å²) in [6.07, 6.45) is 7.08. The molecule has 0 amide bonds. The number of hydrogen-bond donors (Lipinski definition) is 2. The fourth-order valence-electron chi connectivity index (χ4n) is 2.67. The normalized spacial score (nSPS) is 23.3. The fourth-order valence-corrected chi connectivity index (χ4v) is 3.36. The Morgan fingerprint density at radius 3 is 3.16 bits per heavy atom. The van der Waals surface area contributed by atoms with Crippen LogP contribution >= 0.6 is 11.8 Å². The Bertz CT molecular complexity index is 386. The molecular weight excluding hydrogens is 256 g/mol. The van der Waals surface area contributed by atoms with E-state index < -0.39 is 0 Å². The van der Waals surface area contributed by atoms with Gasteiger partial charge in [0.1, 0.15) is 5.82 Å². The molecule has 2 unspecified atom stereocenters. The molecule has 1 aliphatic carbocycles. The Labute approximate surface area is 120 Å². The molecule has 2 N–H and O–H groups in total. The van der Waals surface area contributed by atoms with Gasteiger partial charge in [-0.05, 0) is 36.5 Å². The van der Waals surface area contributed by atoms with Gasteiger partial charge in [-0.15, -0.1) is 0 Å². The van der Waals surface area contributed by atoms with Crippen molar-refractivity contribution in [3.63, 3.8) is 0 Å². The first-order chi connectivity index (χ1) is 9.28. The average molecular weight is 280 g/mol. The van der Waals surface area contributed by atoms with Crippen LogP contribution in [0.5, 0.6) is 0 Å². The topological polar surface area (TPSA) is 45.1 Å². The van der Waals surface area contributed by atoms with Crippen molar-refractivity contribution in [2.45, 2.75) is 44.4 Å². The lowest BCUT2D eigenvalue weighted by Gasteiger charge is -2.27. The summed E-state index contributed by atoms with van der Waals surface area (Å²) >= 11 is 1.76. The third-order valence-corrected chi connectivity index (χ3v) is 4.63. The fraction of sp³-hybridized carbons (Fsp3) is 0.667. The third kappa shape index (κ3) is 5.03. The molecule has 0 bridgehead atoms. The van der Waals surface area contributed by atoms with E-state index in [1.165, 1.54) is 31.2 Å². The van der Waals surface area contributed by atoms with Gasteiger partial charge in [-0.25, -0.2) is 4.98 Å². The maximum Gasteiger partial charge on any atom is 0.126 e. The Morgan fingerprint density at radius 2 is 2.37 bits per heavy atom. The van der Waals surface area contributed by atoms with Crippen LogP contribution in [0.1, 0.15) is 38.2 Å². The summed E-state index contributed by atoms with van der Waals surface area (Å²) in [4.78, 5) is 4.42. The molecule has 0 aliphatic heterocycles. The molecule has 106 valence electrons. The zero-order chi connectivity index (χ0) is 13.5. The molecule has 1 aromatic heterocycles. The van der Waals surface area contributed by atoms with E-state index in [1.54, 1.807) is 11.8 Å². The monoisotopic (exact) mass is 280 g/mol. The van der Waals surface area contributed by atoms with Crippen molar-refractivity contribution in [2.24, 2.45) is 5.92 Å². The second-order valence-corrected chi connectivity index (χ2v) is 6.54. The summed E-state index contributed by atoms with van der Waals surface area (Å²) in [7, 11) is 0. The van der Waals surface area contributed by atoms with Crippen molar-refractivity contribution >= 4 is 17.6 Å². The van der Waals surface area contributed by atoms with Gasteiger partial charge in [0.05, 0.1) is 6.61 Å². The number of aromatic nitrogens is 1. The second kappa shape index (κ2) is 7.75. The largest absolute Gasteiger partial charge is 0.396 e. The molecule has 0 aromatic carbocycles.